The Hall–Kier alpha value is -3.60. The van der Waals surface area contributed by atoms with Gasteiger partial charge < -0.3 is 15.0 Å². The predicted molar refractivity (Wildman–Crippen MR) is 145 cm³/mol. The van der Waals surface area contributed by atoms with Gasteiger partial charge >= 0.3 is 0 Å². The highest BCUT2D eigenvalue weighted by Gasteiger charge is 2.32. The van der Waals surface area contributed by atoms with Gasteiger partial charge in [0.1, 0.15) is 11.8 Å². The molecule has 1 unspecified atom stereocenters. The van der Waals surface area contributed by atoms with Gasteiger partial charge in [-0.05, 0) is 62.9 Å². The summed E-state index contributed by atoms with van der Waals surface area (Å²) >= 11 is 0. The Balaban J connectivity index is 1.83. The summed E-state index contributed by atoms with van der Waals surface area (Å²) in [6.07, 6.45) is 1.31. The molecule has 1 atom stereocenters. The lowest BCUT2D eigenvalue weighted by molar-refractivity contribution is -0.142. The van der Waals surface area contributed by atoms with Crippen molar-refractivity contribution in [2.75, 3.05) is 6.61 Å². The van der Waals surface area contributed by atoms with Gasteiger partial charge in [-0.3, -0.25) is 9.59 Å². The summed E-state index contributed by atoms with van der Waals surface area (Å²) in [4.78, 5) is 29.0. The Morgan fingerprint density at radius 1 is 0.889 bits per heavy atom. The molecule has 0 aromatic heterocycles. The van der Waals surface area contributed by atoms with Crippen LogP contribution in [0, 0.1) is 6.92 Å². The molecule has 0 radical (unpaired) electrons. The molecular weight excluding hydrogens is 448 g/mol. The van der Waals surface area contributed by atoms with Crippen LogP contribution in [-0.4, -0.2) is 34.9 Å². The van der Waals surface area contributed by atoms with Crippen LogP contribution in [0.4, 0.5) is 0 Å². The van der Waals surface area contributed by atoms with E-state index in [1.165, 1.54) is 0 Å². The van der Waals surface area contributed by atoms with Gasteiger partial charge in [-0.25, -0.2) is 0 Å². The zero-order chi connectivity index (χ0) is 26.0. The summed E-state index contributed by atoms with van der Waals surface area (Å²) in [6.45, 7) is 8.72. The molecule has 0 saturated carbocycles. The van der Waals surface area contributed by atoms with Gasteiger partial charge in [-0.2, -0.15) is 0 Å². The maximum Gasteiger partial charge on any atom is 0.243 e. The van der Waals surface area contributed by atoms with Crippen molar-refractivity contribution < 1.29 is 14.3 Å². The quantitative estimate of drug-likeness (QED) is 0.353. The van der Waals surface area contributed by atoms with Gasteiger partial charge in [0.2, 0.25) is 11.8 Å². The van der Waals surface area contributed by atoms with Crippen LogP contribution < -0.4 is 10.1 Å². The fourth-order valence-corrected chi connectivity index (χ4v) is 4.05. The van der Waals surface area contributed by atoms with Gasteiger partial charge in [0.25, 0.3) is 0 Å². The third kappa shape index (κ3) is 8.56. The molecule has 0 heterocycles. The zero-order valence-corrected chi connectivity index (χ0v) is 21.9. The summed E-state index contributed by atoms with van der Waals surface area (Å²) in [7, 11) is 0. The normalized spacial score (nSPS) is 12.0. The van der Waals surface area contributed by atoms with Crippen molar-refractivity contribution in [2.45, 2.75) is 65.1 Å². The number of benzene rings is 3. The fraction of sp³-hybridized carbons (Fsp3) is 0.355. The number of nitrogens with zero attached hydrogens (tertiary/aromatic N) is 1. The summed E-state index contributed by atoms with van der Waals surface area (Å²) in [5.41, 5.74) is 2.74. The molecule has 190 valence electrons. The molecule has 5 heteroatoms. The van der Waals surface area contributed by atoms with Gasteiger partial charge in [-0.1, -0.05) is 72.8 Å². The van der Waals surface area contributed by atoms with Gasteiger partial charge in [0, 0.05) is 24.9 Å². The van der Waals surface area contributed by atoms with Crippen LogP contribution in [0.2, 0.25) is 0 Å². The highest BCUT2D eigenvalue weighted by Crippen LogP contribution is 2.19. The lowest BCUT2D eigenvalue weighted by atomic mass is 9.99. The average Bonchev–Trinajstić information content (AvgIpc) is 2.85. The van der Waals surface area contributed by atoms with E-state index >= 15 is 0 Å². The molecule has 3 aromatic carbocycles. The van der Waals surface area contributed by atoms with Crippen molar-refractivity contribution >= 4 is 11.8 Å². The van der Waals surface area contributed by atoms with E-state index in [4.69, 9.17) is 4.74 Å². The molecule has 0 aliphatic carbocycles. The fourth-order valence-electron chi connectivity index (χ4n) is 4.05. The SMILES string of the molecule is Cc1ccccc1CN(C(=O)CCCOc1ccccc1)C(Cc1ccccc1)C(=O)NC(C)(C)C. The number of para-hydroxylation sites is 1. The molecular formula is C31H38N2O3. The van der Waals surface area contributed by atoms with Crippen LogP contribution in [0.25, 0.3) is 0 Å². The average molecular weight is 487 g/mol. The van der Waals surface area contributed by atoms with Crippen molar-refractivity contribution in [3.63, 3.8) is 0 Å². The topological polar surface area (TPSA) is 58.6 Å². The van der Waals surface area contributed by atoms with Gasteiger partial charge in [0.15, 0.2) is 0 Å². The lowest BCUT2D eigenvalue weighted by Gasteiger charge is -2.34. The second kappa shape index (κ2) is 12.9. The maximum absolute atomic E-state index is 13.7. The van der Waals surface area contributed by atoms with Crippen LogP contribution in [0.15, 0.2) is 84.9 Å². The summed E-state index contributed by atoms with van der Waals surface area (Å²) in [5.74, 6) is 0.585. The number of aryl methyl sites for hydroxylation is 1. The third-order valence-electron chi connectivity index (χ3n) is 5.92. The van der Waals surface area contributed by atoms with E-state index in [-0.39, 0.29) is 11.8 Å². The highest BCUT2D eigenvalue weighted by molar-refractivity contribution is 5.88. The monoisotopic (exact) mass is 486 g/mol. The van der Waals surface area contributed by atoms with E-state index in [1.807, 2.05) is 113 Å². The van der Waals surface area contributed by atoms with Crippen molar-refractivity contribution in [1.29, 1.82) is 0 Å². The van der Waals surface area contributed by atoms with Crippen molar-refractivity contribution in [1.82, 2.24) is 10.2 Å². The second-order valence-corrected chi connectivity index (χ2v) is 10.2. The molecule has 0 aliphatic rings. The molecule has 1 N–H and O–H groups in total. The minimum absolute atomic E-state index is 0.0556. The van der Waals surface area contributed by atoms with E-state index in [9.17, 15) is 9.59 Å². The Morgan fingerprint density at radius 3 is 2.14 bits per heavy atom. The molecule has 3 rings (SSSR count). The minimum atomic E-state index is -0.631. The van der Waals surface area contributed by atoms with Gasteiger partial charge in [0.05, 0.1) is 6.61 Å². The Morgan fingerprint density at radius 2 is 1.50 bits per heavy atom. The molecule has 5 nitrogen and oxygen atoms in total. The maximum atomic E-state index is 13.7. The first-order chi connectivity index (χ1) is 17.2. The van der Waals surface area contributed by atoms with Crippen molar-refractivity contribution in [2.24, 2.45) is 0 Å². The Labute approximate surface area is 215 Å². The highest BCUT2D eigenvalue weighted by atomic mass is 16.5. The number of nitrogens with one attached hydrogen (secondary N) is 1. The molecule has 0 fully saturated rings. The van der Waals surface area contributed by atoms with Crippen LogP contribution >= 0.6 is 0 Å². The predicted octanol–water partition coefficient (Wildman–Crippen LogP) is 5.71. The molecule has 36 heavy (non-hydrogen) atoms. The molecule has 0 aliphatic heterocycles. The van der Waals surface area contributed by atoms with Crippen LogP contribution in [0.5, 0.6) is 5.75 Å². The largest absolute Gasteiger partial charge is 0.494 e. The molecule has 0 saturated heterocycles. The molecule has 2 amide bonds. The van der Waals surface area contributed by atoms with Crippen LogP contribution in [0.3, 0.4) is 0 Å². The van der Waals surface area contributed by atoms with E-state index in [2.05, 4.69) is 5.32 Å². The molecule has 3 aromatic rings. The molecule has 0 bridgehead atoms. The Bertz CT molecular complexity index is 1110. The first-order valence-corrected chi connectivity index (χ1v) is 12.6. The minimum Gasteiger partial charge on any atom is -0.494 e. The van der Waals surface area contributed by atoms with E-state index in [0.717, 1.165) is 22.4 Å². The molecule has 0 spiro atoms. The van der Waals surface area contributed by atoms with E-state index < -0.39 is 11.6 Å². The summed E-state index contributed by atoms with van der Waals surface area (Å²) < 4.78 is 5.79. The smallest absolute Gasteiger partial charge is 0.243 e. The third-order valence-corrected chi connectivity index (χ3v) is 5.92. The van der Waals surface area contributed by atoms with E-state index in [0.29, 0.717) is 32.4 Å². The van der Waals surface area contributed by atoms with Crippen molar-refractivity contribution in [3.8, 4) is 5.75 Å². The van der Waals surface area contributed by atoms with Crippen molar-refractivity contribution in [3.05, 3.63) is 102 Å². The number of rotatable bonds is 11. The first kappa shape index (κ1) is 27.0. The summed E-state index contributed by atoms with van der Waals surface area (Å²) in [6, 6.07) is 26.9. The standard InChI is InChI=1S/C31H38N2O3/c1-24-14-11-12-17-26(24)23-33(29(34)20-13-21-36-27-18-9-6-10-19-27)28(30(35)32-31(2,3)4)22-25-15-7-5-8-16-25/h5-12,14-19,28H,13,20-23H2,1-4H3,(H,32,35). The number of carbonyl (C=O) groups excluding carboxylic acids is 2. The summed E-state index contributed by atoms with van der Waals surface area (Å²) in [5, 5.41) is 3.11. The Kier molecular flexibility index (Phi) is 9.69. The number of hydrogen-bond acceptors (Lipinski definition) is 3. The number of ether oxygens (including phenoxy) is 1. The van der Waals surface area contributed by atoms with Crippen LogP contribution in [-0.2, 0) is 22.6 Å². The lowest BCUT2D eigenvalue weighted by Crippen LogP contribution is -2.54. The second-order valence-electron chi connectivity index (χ2n) is 10.2. The van der Waals surface area contributed by atoms with Gasteiger partial charge in [-0.15, -0.1) is 0 Å². The van der Waals surface area contributed by atoms with Crippen LogP contribution in [0.1, 0.15) is 50.3 Å². The number of hydrogen-bond donors (Lipinski definition) is 1. The number of amides is 2. The number of carbonyl (C=O) groups is 2. The first-order valence-electron chi connectivity index (χ1n) is 12.6. The zero-order valence-electron chi connectivity index (χ0n) is 21.9. The van der Waals surface area contributed by atoms with E-state index in [1.54, 1.807) is 4.90 Å².